The number of alkyl halides is 3. The van der Waals surface area contributed by atoms with Crippen LogP contribution in [-0.4, -0.2) is 69.9 Å². The Morgan fingerprint density at radius 1 is 1.21 bits per heavy atom. The molecule has 1 fully saturated rings. The van der Waals surface area contributed by atoms with Crippen LogP contribution in [0.5, 0.6) is 5.75 Å². The van der Waals surface area contributed by atoms with E-state index in [1.807, 2.05) is 6.92 Å². The Morgan fingerprint density at radius 3 is 2.68 bits per heavy atom. The first-order valence-electron chi connectivity index (χ1n) is 9.62. The van der Waals surface area contributed by atoms with Crippen molar-refractivity contribution in [2.75, 3.05) is 59.1 Å². The summed E-state index contributed by atoms with van der Waals surface area (Å²) < 4.78 is 49.5. The van der Waals surface area contributed by atoms with Crippen LogP contribution in [0.2, 0.25) is 0 Å². The van der Waals surface area contributed by atoms with Gasteiger partial charge in [-0.1, -0.05) is 12.1 Å². The largest absolute Gasteiger partial charge is 0.491 e. The van der Waals surface area contributed by atoms with Crippen molar-refractivity contribution < 1.29 is 22.6 Å². The Morgan fingerprint density at radius 2 is 1.96 bits per heavy atom. The minimum atomic E-state index is -4.43. The molecule has 0 aromatic heterocycles. The molecule has 1 aromatic rings. The minimum absolute atomic E-state index is 0.102. The fraction of sp³-hybridized carbons (Fsp3) is 0.632. The maximum atomic E-state index is 13.0. The molecule has 28 heavy (non-hydrogen) atoms. The molecule has 2 rings (SSSR count). The lowest BCUT2D eigenvalue weighted by atomic mass is 10.2. The molecule has 1 heterocycles. The van der Waals surface area contributed by atoms with Gasteiger partial charge in [0.15, 0.2) is 5.96 Å². The van der Waals surface area contributed by atoms with E-state index < -0.39 is 11.7 Å². The molecule has 0 bridgehead atoms. The minimum Gasteiger partial charge on any atom is -0.491 e. The first-order chi connectivity index (χ1) is 13.5. The number of hydrogen-bond acceptors (Lipinski definition) is 4. The molecule has 1 aliphatic rings. The van der Waals surface area contributed by atoms with Crippen LogP contribution in [0.4, 0.5) is 13.2 Å². The van der Waals surface area contributed by atoms with E-state index in [9.17, 15) is 13.2 Å². The van der Waals surface area contributed by atoms with Gasteiger partial charge in [0.2, 0.25) is 0 Å². The summed E-state index contributed by atoms with van der Waals surface area (Å²) in [6.07, 6.45) is -3.49. The fourth-order valence-electron chi connectivity index (χ4n) is 2.81. The zero-order valence-corrected chi connectivity index (χ0v) is 16.2. The van der Waals surface area contributed by atoms with Gasteiger partial charge in [0.05, 0.1) is 25.3 Å². The van der Waals surface area contributed by atoms with Crippen molar-refractivity contribution in [1.82, 2.24) is 15.5 Å². The van der Waals surface area contributed by atoms with Crippen LogP contribution in [0, 0.1) is 0 Å². The lowest BCUT2D eigenvalue weighted by molar-refractivity contribution is -0.138. The van der Waals surface area contributed by atoms with Crippen molar-refractivity contribution >= 4 is 5.96 Å². The number of halogens is 3. The van der Waals surface area contributed by atoms with Crippen LogP contribution >= 0.6 is 0 Å². The average molecular weight is 402 g/mol. The first-order valence-corrected chi connectivity index (χ1v) is 9.62. The Labute approximate surface area is 164 Å². The predicted molar refractivity (Wildman–Crippen MR) is 103 cm³/mol. The topological polar surface area (TPSA) is 58.1 Å². The lowest BCUT2D eigenvalue weighted by Gasteiger charge is -2.26. The van der Waals surface area contributed by atoms with Gasteiger partial charge in [-0.2, -0.15) is 13.2 Å². The van der Waals surface area contributed by atoms with Crippen LogP contribution in [0.3, 0.4) is 0 Å². The van der Waals surface area contributed by atoms with Crippen molar-refractivity contribution in [3.63, 3.8) is 0 Å². The molecule has 1 aromatic carbocycles. The van der Waals surface area contributed by atoms with Crippen molar-refractivity contribution in [3.05, 3.63) is 29.8 Å². The molecule has 0 spiro atoms. The monoisotopic (exact) mass is 402 g/mol. The highest BCUT2D eigenvalue weighted by Gasteiger charge is 2.33. The molecular weight excluding hydrogens is 373 g/mol. The van der Waals surface area contributed by atoms with Gasteiger partial charge in [0, 0.05) is 32.7 Å². The molecule has 158 valence electrons. The van der Waals surface area contributed by atoms with E-state index in [2.05, 4.69) is 20.5 Å². The third-order valence-electron chi connectivity index (χ3n) is 4.19. The van der Waals surface area contributed by atoms with E-state index in [4.69, 9.17) is 9.47 Å². The molecule has 0 atom stereocenters. The number of hydrogen-bond donors (Lipinski definition) is 2. The number of rotatable bonds is 9. The summed E-state index contributed by atoms with van der Waals surface area (Å²) in [7, 11) is 0. The number of benzene rings is 1. The molecule has 0 amide bonds. The Bertz CT molecular complexity index is 605. The van der Waals surface area contributed by atoms with Crippen LogP contribution in [0.1, 0.15) is 18.9 Å². The summed E-state index contributed by atoms with van der Waals surface area (Å²) in [4.78, 5) is 6.85. The van der Waals surface area contributed by atoms with Gasteiger partial charge >= 0.3 is 6.18 Å². The predicted octanol–water partition coefficient (Wildman–Crippen LogP) is 2.36. The van der Waals surface area contributed by atoms with Gasteiger partial charge in [0.1, 0.15) is 12.4 Å². The molecule has 2 N–H and O–H groups in total. The van der Waals surface area contributed by atoms with Gasteiger partial charge in [-0.3, -0.25) is 9.89 Å². The quantitative estimate of drug-likeness (QED) is 0.377. The second kappa shape index (κ2) is 11.8. The molecule has 0 radical (unpaired) electrons. The molecule has 0 saturated carbocycles. The van der Waals surface area contributed by atoms with E-state index in [0.29, 0.717) is 25.6 Å². The molecule has 6 nitrogen and oxygen atoms in total. The summed E-state index contributed by atoms with van der Waals surface area (Å²) in [6.45, 7) is 8.24. The average Bonchev–Trinajstić information content (AvgIpc) is 2.68. The number of guanidine groups is 1. The summed E-state index contributed by atoms with van der Waals surface area (Å²) in [5, 5.41) is 6.21. The SMILES string of the molecule is CCNC(=NCCCN1CCOCC1)NCCOc1ccccc1C(F)(F)F. The third-order valence-corrected chi connectivity index (χ3v) is 4.19. The highest BCUT2D eigenvalue weighted by molar-refractivity contribution is 5.79. The molecule has 0 aliphatic carbocycles. The number of nitrogens with one attached hydrogen (secondary N) is 2. The summed E-state index contributed by atoms with van der Waals surface area (Å²) in [6, 6.07) is 5.22. The fourth-order valence-corrected chi connectivity index (χ4v) is 2.81. The number of para-hydroxylation sites is 1. The van der Waals surface area contributed by atoms with Gasteiger partial charge < -0.3 is 20.1 Å². The van der Waals surface area contributed by atoms with Gasteiger partial charge in [-0.25, -0.2) is 0 Å². The van der Waals surface area contributed by atoms with Crippen LogP contribution in [0.25, 0.3) is 0 Å². The van der Waals surface area contributed by atoms with Gasteiger partial charge in [-0.15, -0.1) is 0 Å². The van der Waals surface area contributed by atoms with E-state index in [1.54, 1.807) is 0 Å². The zero-order chi connectivity index (χ0) is 20.2. The van der Waals surface area contributed by atoms with Crippen LogP contribution in [-0.2, 0) is 10.9 Å². The van der Waals surface area contributed by atoms with E-state index in [1.165, 1.54) is 18.2 Å². The van der Waals surface area contributed by atoms with E-state index in [-0.39, 0.29) is 12.4 Å². The summed E-state index contributed by atoms with van der Waals surface area (Å²) >= 11 is 0. The van der Waals surface area contributed by atoms with Crippen molar-refractivity contribution in [3.8, 4) is 5.75 Å². The smallest absolute Gasteiger partial charge is 0.419 e. The molecular formula is C19H29F3N4O2. The second-order valence-electron chi connectivity index (χ2n) is 6.34. The molecule has 1 saturated heterocycles. The highest BCUT2D eigenvalue weighted by Crippen LogP contribution is 2.35. The third kappa shape index (κ3) is 7.93. The first kappa shape index (κ1) is 22.3. The number of aliphatic imine (C=N–C) groups is 1. The molecule has 0 unspecified atom stereocenters. The standard InChI is InChI=1S/C19H29F3N4O2/c1-2-23-18(24-8-5-10-26-11-14-27-15-12-26)25-9-13-28-17-7-4-3-6-16(17)19(20,21)22/h3-4,6-7H,2,5,8-15H2,1H3,(H2,23,24,25). The number of ether oxygens (including phenoxy) is 2. The van der Waals surface area contributed by atoms with E-state index in [0.717, 1.165) is 45.3 Å². The highest BCUT2D eigenvalue weighted by atomic mass is 19.4. The van der Waals surface area contributed by atoms with Gasteiger partial charge in [0.25, 0.3) is 0 Å². The number of nitrogens with zero attached hydrogens (tertiary/aromatic N) is 2. The zero-order valence-electron chi connectivity index (χ0n) is 16.2. The van der Waals surface area contributed by atoms with E-state index >= 15 is 0 Å². The van der Waals surface area contributed by atoms with Crippen LogP contribution in [0.15, 0.2) is 29.3 Å². The Balaban J connectivity index is 1.72. The van der Waals surface area contributed by atoms with Gasteiger partial charge in [-0.05, 0) is 25.5 Å². The lowest BCUT2D eigenvalue weighted by Crippen LogP contribution is -2.40. The summed E-state index contributed by atoms with van der Waals surface area (Å²) in [5.74, 6) is 0.474. The maximum Gasteiger partial charge on any atom is 0.419 e. The van der Waals surface area contributed by atoms with Crippen molar-refractivity contribution in [1.29, 1.82) is 0 Å². The summed E-state index contributed by atoms with van der Waals surface area (Å²) in [5.41, 5.74) is -0.765. The second-order valence-corrected chi connectivity index (χ2v) is 6.34. The molecule has 9 heteroatoms. The number of morpholine rings is 1. The van der Waals surface area contributed by atoms with Crippen molar-refractivity contribution in [2.24, 2.45) is 4.99 Å². The Hall–Kier alpha value is -2.00. The van der Waals surface area contributed by atoms with Crippen molar-refractivity contribution in [2.45, 2.75) is 19.5 Å². The molecule has 1 aliphatic heterocycles. The Kier molecular flexibility index (Phi) is 9.36. The normalized spacial score (nSPS) is 16.1. The maximum absolute atomic E-state index is 13.0. The van der Waals surface area contributed by atoms with Crippen LogP contribution < -0.4 is 15.4 Å².